The summed E-state index contributed by atoms with van der Waals surface area (Å²) in [4.78, 5) is 4.51. The maximum atomic E-state index is 6.31. The van der Waals surface area contributed by atoms with E-state index >= 15 is 0 Å². The third-order valence-corrected chi connectivity index (χ3v) is 4.94. The van der Waals surface area contributed by atoms with Crippen molar-refractivity contribution in [2.24, 2.45) is 0 Å². The Morgan fingerprint density at radius 1 is 0.786 bits per heavy atom. The Labute approximate surface area is 168 Å². The number of methoxy groups -OCH3 is 3. The normalized spacial score (nSPS) is 10.9. The van der Waals surface area contributed by atoms with Crippen LogP contribution in [0, 0.1) is 0 Å². The van der Waals surface area contributed by atoms with Crippen molar-refractivity contribution in [1.82, 2.24) is 9.55 Å². The fourth-order valence-electron chi connectivity index (χ4n) is 3.17. The summed E-state index contributed by atoms with van der Waals surface area (Å²) in [7, 11) is 4.89. The van der Waals surface area contributed by atoms with Crippen LogP contribution in [-0.4, -0.2) is 30.9 Å². The van der Waals surface area contributed by atoms with Crippen molar-refractivity contribution in [3.8, 4) is 34.1 Å². The van der Waals surface area contributed by atoms with E-state index in [0.717, 1.165) is 39.3 Å². The molecule has 0 saturated heterocycles. The molecule has 0 N–H and O–H groups in total. The van der Waals surface area contributed by atoms with Crippen LogP contribution in [0.4, 0.5) is 0 Å². The number of nitrogens with zero attached hydrogens (tertiary/aromatic N) is 2. The summed E-state index contributed by atoms with van der Waals surface area (Å²) >= 11 is 6.31. The predicted molar refractivity (Wildman–Crippen MR) is 111 cm³/mol. The number of benzene rings is 3. The van der Waals surface area contributed by atoms with Crippen LogP contribution in [0.25, 0.3) is 27.8 Å². The van der Waals surface area contributed by atoms with E-state index < -0.39 is 0 Å². The Balaban J connectivity index is 1.84. The van der Waals surface area contributed by atoms with Crippen LogP contribution < -0.4 is 14.2 Å². The Bertz CT molecular complexity index is 1130. The van der Waals surface area contributed by atoms with Crippen LogP contribution >= 0.6 is 11.6 Å². The molecule has 0 atom stereocenters. The topological polar surface area (TPSA) is 45.5 Å². The Morgan fingerprint density at radius 2 is 1.54 bits per heavy atom. The van der Waals surface area contributed by atoms with Crippen LogP contribution in [0.3, 0.4) is 0 Å². The van der Waals surface area contributed by atoms with Crippen molar-refractivity contribution in [1.29, 1.82) is 0 Å². The number of hydrogen-bond acceptors (Lipinski definition) is 4. The van der Waals surface area contributed by atoms with Gasteiger partial charge in [0.25, 0.3) is 0 Å². The summed E-state index contributed by atoms with van der Waals surface area (Å²) in [6.45, 7) is 0. The molecule has 0 bridgehead atoms. The summed E-state index contributed by atoms with van der Waals surface area (Å²) in [5, 5.41) is 0.551. The minimum atomic E-state index is 0.551. The van der Waals surface area contributed by atoms with Gasteiger partial charge in [-0.3, -0.25) is 4.57 Å². The highest BCUT2D eigenvalue weighted by molar-refractivity contribution is 6.32. The summed E-state index contributed by atoms with van der Waals surface area (Å²) < 4.78 is 18.0. The molecule has 0 aliphatic carbocycles. The molecule has 0 amide bonds. The van der Waals surface area contributed by atoms with E-state index in [4.69, 9.17) is 25.8 Å². The number of fused-ring (bicyclic) bond motifs is 1. The maximum absolute atomic E-state index is 6.31. The second-order valence-electron chi connectivity index (χ2n) is 6.24. The Kier molecular flexibility index (Phi) is 4.84. The van der Waals surface area contributed by atoms with Crippen molar-refractivity contribution < 1.29 is 14.2 Å². The molecule has 3 aromatic carbocycles. The zero-order chi connectivity index (χ0) is 19.7. The molecule has 1 aromatic heterocycles. The molecule has 28 heavy (non-hydrogen) atoms. The molecule has 4 rings (SSSR count). The van der Waals surface area contributed by atoms with Gasteiger partial charge in [-0.15, -0.1) is 0 Å². The minimum absolute atomic E-state index is 0.551. The van der Waals surface area contributed by atoms with E-state index in [1.165, 1.54) is 0 Å². The van der Waals surface area contributed by atoms with E-state index in [1.807, 2.05) is 53.1 Å². The minimum Gasteiger partial charge on any atom is -0.497 e. The number of aromatic nitrogens is 2. The first kappa shape index (κ1) is 18.2. The summed E-state index contributed by atoms with van der Waals surface area (Å²) in [5.74, 6) is 2.12. The van der Waals surface area contributed by atoms with Gasteiger partial charge < -0.3 is 14.2 Å². The summed E-state index contributed by atoms with van der Waals surface area (Å²) in [6.07, 6.45) is 1.79. The van der Waals surface area contributed by atoms with Crippen molar-refractivity contribution in [3.63, 3.8) is 0 Å². The van der Waals surface area contributed by atoms with Crippen LogP contribution in [0.2, 0.25) is 5.02 Å². The average Bonchev–Trinajstić information content (AvgIpc) is 3.16. The largest absolute Gasteiger partial charge is 0.497 e. The van der Waals surface area contributed by atoms with Gasteiger partial charge in [-0.1, -0.05) is 17.7 Å². The molecule has 0 radical (unpaired) electrons. The lowest BCUT2D eigenvalue weighted by Gasteiger charge is -2.10. The molecule has 0 aliphatic heterocycles. The van der Waals surface area contributed by atoms with Gasteiger partial charge in [-0.25, -0.2) is 4.98 Å². The van der Waals surface area contributed by atoms with Gasteiger partial charge in [0.15, 0.2) is 0 Å². The SMILES string of the molecule is COc1cc(OC)cc(-c2ccc3ncn(-c4ccc(OC)c(Cl)c4)c3c2)c1. The lowest BCUT2D eigenvalue weighted by Crippen LogP contribution is -1.94. The first-order valence-corrected chi connectivity index (χ1v) is 9.05. The van der Waals surface area contributed by atoms with Crippen molar-refractivity contribution in [2.45, 2.75) is 0 Å². The van der Waals surface area contributed by atoms with E-state index in [0.29, 0.717) is 10.8 Å². The molecular weight excluding hydrogens is 376 g/mol. The molecular formula is C22H19ClN2O3. The lowest BCUT2D eigenvalue weighted by atomic mass is 10.0. The maximum Gasteiger partial charge on any atom is 0.137 e. The molecule has 0 saturated carbocycles. The smallest absolute Gasteiger partial charge is 0.137 e. The molecule has 0 spiro atoms. The first-order chi connectivity index (χ1) is 13.6. The number of ether oxygens (including phenoxy) is 3. The van der Waals surface area contributed by atoms with E-state index in [1.54, 1.807) is 27.7 Å². The van der Waals surface area contributed by atoms with Gasteiger partial charge in [0.05, 0.1) is 37.4 Å². The van der Waals surface area contributed by atoms with Gasteiger partial charge >= 0.3 is 0 Å². The summed E-state index contributed by atoms with van der Waals surface area (Å²) in [5.41, 5.74) is 4.81. The Hall–Kier alpha value is -3.18. The van der Waals surface area contributed by atoms with Gasteiger partial charge in [-0.2, -0.15) is 0 Å². The van der Waals surface area contributed by atoms with Crippen molar-refractivity contribution in [3.05, 3.63) is 65.9 Å². The fourth-order valence-corrected chi connectivity index (χ4v) is 3.42. The fraction of sp³-hybridized carbons (Fsp3) is 0.136. The molecule has 142 valence electrons. The highest BCUT2D eigenvalue weighted by Crippen LogP contribution is 2.33. The lowest BCUT2D eigenvalue weighted by molar-refractivity contribution is 0.394. The number of hydrogen-bond donors (Lipinski definition) is 0. The number of halogens is 1. The van der Waals surface area contributed by atoms with Crippen LogP contribution in [0.1, 0.15) is 0 Å². The monoisotopic (exact) mass is 394 g/mol. The van der Waals surface area contributed by atoms with Crippen LogP contribution in [0.15, 0.2) is 60.9 Å². The van der Waals surface area contributed by atoms with E-state index in [9.17, 15) is 0 Å². The van der Waals surface area contributed by atoms with E-state index in [-0.39, 0.29) is 0 Å². The number of imidazole rings is 1. The molecule has 1 heterocycles. The zero-order valence-electron chi connectivity index (χ0n) is 15.8. The summed E-state index contributed by atoms with van der Waals surface area (Å²) in [6, 6.07) is 17.6. The van der Waals surface area contributed by atoms with Crippen molar-refractivity contribution >= 4 is 22.6 Å². The average molecular weight is 395 g/mol. The van der Waals surface area contributed by atoms with Crippen LogP contribution in [0.5, 0.6) is 17.2 Å². The van der Waals surface area contributed by atoms with E-state index in [2.05, 4.69) is 11.1 Å². The molecule has 5 nitrogen and oxygen atoms in total. The number of rotatable bonds is 5. The molecule has 0 aliphatic rings. The van der Waals surface area contributed by atoms with Gasteiger partial charge in [0.2, 0.25) is 0 Å². The third-order valence-electron chi connectivity index (χ3n) is 4.65. The van der Waals surface area contributed by atoms with Gasteiger partial charge in [0, 0.05) is 11.8 Å². The van der Waals surface area contributed by atoms with Gasteiger partial charge in [0.1, 0.15) is 23.6 Å². The van der Waals surface area contributed by atoms with Crippen LogP contribution in [-0.2, 0) is 0 Å². The molecule has 0 fully saturated rings. The molecule has 4 aromatic rings. The first-order valence-electron chi connectivity index (χ1n) is 8.67. The highest BCUT2D eigenvalue weighted by Gasteiger charge is 2.10. The third kappa shape index (κ3) is 3.25. The quantitative estimate of drug-likeness (QED) is 0.456. The van der Waals surface area contributed by atoms with Crippen molar-refractivity contribution in [2.75, 3.05) is 21.3 Å². The Morgan fingerprint density at radius 3 is 2.18 bits per heavy atom. The standard InChI is InChI=1S/C22H19ClN2O3/c1-26-17-8-15(9-18(12-17)27-2)14-4-6-20-21(10-14)25(13-24-20)16-5-7-22(28-3)19(23)11-16/h4-13H,1-3H3. The highest BCUT2D eigenvalue weighted by atomic mass is 35.5. The second kappa shape index (κ2) is 7.44. The zero-order valence-corrected chi connectivity index (χ0v) is 16.5. The second-order valence-corrected chi connectivity index (χ2v) is 6.65. The molecule has 6 heteroatoms. The van der Waals surface area contributed by atoms with Gasteiger partial charge in [-0.05, 0) is 53.6 Å². The predicted octanol–water partition coefficient (Wildman–Crippen LogP) is 5.37. The molecule has 0 unspecified atom stereocenters.